The zero-order chi connectivity index (χ0) is 15.5. The van der Waals surface area contributed by atoms with Gasteiger partial charge >= 0.3 is 0 Å². The predicted octanol–water partition coefficient (Wildman–Crippen LogP) is 2.95. The first-order chi connectivity index (χ1) is 10.6. The van der Waals surface area contributed by atoms with Crippen LogP contribution in [-0.2, 0) is 6.54 Å². The summed E-state index contributed by atoms with van der Waals surface area (Å²) < 4.78 is 5.29. The number of furan rings is 1. The lowest BCUT2D eigenvalue weighted by Crippen LogP contribution is -2.35. The van der Waals surface area contributed by atoms with E-state index in [2.05, 4.69) is 10.3 Å². The molecule has 3 rings (SSSR count). The third-order valence-electron chi connectivity index (χ3n) is 3.89. The van der Waals surface area contributed by atoms with Gasteiger partial charge < -0.3 is 14.6 Å². The molecule has 5 nitrogen and oxygen atoms in total. The van der Waals surface area contributed by atoms with Gasteiger partial charge in [-0.05, 0) is 56.1 Å². The van der Waals surface area contributed by atoms with E-state index in [0.717, 1.165) is 30.1 Å². The normalized spacial score (nSPS) is 17.8. The van der Waals surface area contributed by atoms with Gasteiger partial charge in [0.1, 0.15) is 0 Å². The molecule has 0 radical (unpaired) electrons. The first-order valence-electron chi connectivity index (χ1n) is 7.28. The van der Waals surface area contributed by atoms with Gasteiger partial charge in [-0.1, -0.05) is 0 Å². The predicted molar refractivity (Wildman–Crippen MR) is 86.3 cm³/mol. The lowest BCUT2D eigenvalue weighted by Gasteiger charge is -2.24. The van der Waals surface area contributed by atoms with E-state index < -0.39 is 0 Å². The average molecular weight is 340 g/mol. The quantitative estimate of drug-likeness (QED) is 0.910. The Morgan fingerprint density at radius 3 is 3.05 bits per heavy atom. The molecule has 22 heavy (non-hydrogen) atoms. The minimum atomic E-state index is -0.119. The van der Waals surface area contributed by atoms with Crippen molar-refractivity contribution in [3.05, 3.63) is 39.2 Å². The molecule has 3 heterocycles. The highest BCUT2D eigenvalue weighted by atomic mass is 35.5. The highest BCUT2D eigenvalue weighted by molar-refractivity contribution is 7.09. The Morgan fingerprint density at radius 2 is 2.45 bits per heavy atom. The smallest absolute Gasteiger partial charge is 0.289 e. The summed E-state index contributed by atoms with van der Waals surface area (Å²) in [7, 11) is 0. The summed E-state index contributed by atoms with van der Waals surface area (Å²) in [6.45, 7) is 5.20. The first-order valence-corrected chi connectivity index (χ1v) is 8.53. The van der Waals surface area contributed by atoms with E-state index in [1.54, 1.807) is 23.5 Å². The average Bonchev–Trinajstić information content (AvgIpc) is 3.22. The fraction of sp³-hybridized carbons (Fsp3) is 0.467. The van der Waals surface area contributed by atoms with Crippen LogP contribution < -0.4 is 5.32 Å². The number of hydrogen-bond donors (Lipinski definition) is 1. The van der Waals surface area contributed by atoms with Crippen molar-refractivity contribution in [3.63, 3.8) is 0 Å². The van der Waals surface area contributed by atoms with Crippen molar-refractivity contribution in [1.82, 2.24) is 15.2 Å². The second-order valence-corrected chi connectivity index (χ2v) is 6.82. The first kappa shape index (κ1) is 15.5. The number of amides is 1. The molecule has 0 aromatic carbocycles. The minimum absolute atomic E-state index is 0.119. The molecule has 0 saturated carbocycles. The molecule has 1 aliphatic rings. The molecule has 0 aliphatic carbocycles. The lowest BCUT2D eigenvalue weighted by atomic mass is 10.1. The van der Waals surface area contributed by atoms with Crippen LogP contribution in [-0.4, -0.2) is 35.4 Å². The maximum Gasteiger partial charge on any atom is 0.289 e. The number of hydrogen-bond acceptors (Lipinski definition) is 5. The molecule has 7 heteroatoms. The molecule has 0 spiro atoms. The van der Waals surface area contributed by atoms with E-state index in [1.807, 2.05) is 17.3 Å². The summed E-state index contributed by atoms with van der Waals surface area (Å²) in [4.78, 5) is 19.9. The SMILES string of the molecule is Cc1ncsc1CN(CC1CCNC1)C(=O)c1ccc(Cl)o1. The Bertz CT molecular complexity index is 649. The van der Waals surface area contributed by atoms with Crippen LogP contribution in [0.25, 0.3) is 0 Å². The van der Waals surface area contributed by atoms with Crippen molar-refractivity contribution in [2.45, 2.75) is 19.9 Å². The number of aryl methyl sites for hydroxylation is 1. The van der Waals surface area contributed by atoms with E-state index >= 15 is 0 Å². The van der Waals surface area contributed by atoms with Crippen LogP contribution in [0.3, 0.4) is 0 Å². The van der Waals surface area contributed by atoms with Crippen molar-refractivity contribution in [1.29, 1.82) is 0 Å². The number of thiazole rings is 1. The van der Waals surface area contributed by atoms with Gasteiger partial charge in [0.05, 0.1) is 17.7 Å². The molecule has 1 saturated heterocycles. The Kier molecular flexibility index (Phi) is 4.81. The maximum absolute atomic E-state index is 12.7. The van der Waals surface area contributed by atoms with Gasteiger partial charge in [0.15, 0.2) is 11.0 Å². The summed E-state index contributed by atoms with van der Waals surface area (Å²) in [5.74, 6) is 0.646. The van der Waals surface area contributed by atoms with Crippen LogP contribution in [0.2, 0.25) is 5.22 Å². The third-order valence-corrected chi connectivity index (χ3v) is 5.01. The zero-order valence-corrected chi connectivity index (χ0v) is 13.9. The number of carbonyl (C=O) groups excluding carboxylic acids is 1. The van der Waals surface area contributed by atoms with E-state index in [9.17, 15) is 4.79 Å². The van der Waals surface area contributed by atoms with Crippen molar-refractivity contribution >= 4 is 28.8 Å². The number of carbonyl (C=O) groups is 1. The lowest BCUT2D eigenvalue weighted by molar-refractivity contribution is 0.0688. The number of halogens is 1. The monoisotopic (exact) mass is 339 g/mol. The van der Waals surface area contributed by atoms with Gasteiger partial charge in [0, 0.05) is 11.4 Å². The Labute approximate surface area is 138 Å². The van der Waals surface area contributed by atoms with Crippen molar-refractivity contribution in [3.8, 4) is 0 Å². The summed E-state index contributed by atoms with van der Waals surface area (Å²) in [5, 5.41) is 3.57. The molecule has 118 valence electrons. The molecule has 1 fully saturated rings. The van der Waals surface area contributed by atoms with Crippen LogP contribution >= 0.6 is 22.9 Å². The highest BCUT2D eigenvalue weighted by Gasteiger charge is 2.25. The van der Waals surface area contributed by atoms with E-state index in [0.29, 0.717) is 19.0 Å². The standard InChI is InChI=1S/C15H18ClN3O2S/c1-10-13(22-9-18-10)8-19(7-11-4-5-17-6-11)15(20)12-2-3-14(16)21-12/h2-3,9,11,17H,4-8H2,1H3. The molecular formula is C15H18ClN3O2S. The van der Waals surface area contributed by atoms with Gasteiger partial charge in [-0.2, -0.15) is 0 Å². The van der Waals surface area contributed by atoms with Gasteiger partial charge in [-0.3, -0.25) is 4.79 Å². The van der Waals surface area contributed by atoms with E-state index in [-0.39, 0.29) is 16.9 Å². The number of rotatable bonds is 5. The van der Waals surface area contributed by atoms with Crippen molar-refractivity contribution < 1.29 is 9.21 Å². The van der Waals surface area contributed by atoms with Gasteiger partial charge in [0.2, 0.25) is 0 Å². The number of nitrogens with zero attached hydrogens (tertiary/aromatic N) is 2. The largest absolute Gasteiger partial charge is 0.440 e. The second-order valence-electron chi connectivity index (χ2n) is 5.51. The molecule has 1 atom stereocenters. The third kappa shape index (κ3) is 3.51. The van der Waals surface area contributed by atoms with Crippen molar-refractivity contribution in [2.24, 2.45) is 5.92 Å². The van der Waals surface area contributed by atoms with Crippen LogP contribution in [0.15, 0.2) is 22.1 Å². The number of nitrogens with one attached hydrogen (secondary N) is 1. The second kappa shape index (κ2) is 6.81. The molecule has 1 unspecified atom stereocenters. The van der Waals surface area contributed by atoms with Crippen LogP contribution in [0, 0.1) is 12.8 Å². The Balaban J connectivity index is 1.78. The van der Waals surface area contributed by atoms with E-state index in [4.69, 9.17) is 16.0 Å². The molecule has 1 N–H and O–H groups in total. The molecule has 1 aliphatic heterocycles. The maximum atomic E-state index is 12.7. The minimum Gasteiger partial charge on any atom is -0.440 e. The van der Waals surface area contributed by atoms with Crippen molar-refractivity contribution in [2.75, 3.05) is 19.6 Å². The summed E-state index contributed by atoms with van der Waals surface area (Å²) in [6.07, 6.45) is 1.09. The van der Waals surface area contributed by atoms with Crippen LogP contribution in [0.1, 0.15) is 27.5 Å². The molecule has 2 aromatic heterocycles. The summed E-state index contributed by atoms with van der Waals surface area (Å²) >= 11 is 7.37. The van der Waals surface area contributed by atoms with Gasteiger partial charge in [0.25, 0.3) is 5.91 Å². The summed E-state index contributed by atoms with van der Waals surface area (Å²) in [5.41, 5.74) is 2.79. The fourth-order valence-electron chi connectivity index (χ4n) is 2.64. The fourth-order valence-corrected chi connectivity index (χ4v) is 3.58. The molecule has 0 bridgehead atoms. The van der Waals surface area contributed by atoms with Gasteiger partial charge in [-0.15, -0.1) is 11.3 Å². The zero-order valence-electron chi connectivity index (χ0n) is 12.3. The van der Waals surface area contributed by atoms with Crippen LogP contribution in [0.5, 0.6) is 0 Å². The topological polar surface area (TPSA) is 58.4 Å². The van der Waals surface area contributed by atoms with Gasteiger partial charge in [-0.25, -0.2) is 4.98 Å². The molecule has 2 aromatic rings. The van der Waals surface area contributed by atoms with E-state index in [1.165, 1.54) is 0 Å². The Hall–Kier alpha value is -1.37. The number of aromatic nitrogens is 1. The molecule has 1 amide bonds. The molecular weight excluding hydrogens is 322 g/mol. The Morgan fingerprint density at radius 1 is 1.59 bits per heavy atom. The van der Waals surface area contributed by atoms with Crippen LogP contribution in [0.4, 0.5) is 0 Å². The summed E-state index contributed by atoms with van der Waals surface area (Å²) in [6, 6.07) is 3.23. The highest BCUT2D eigenvalue weighted by Crippen LogP contribution is 2.21.